The van der Waals surface area contributed by atoms with E-state index in [-0.39, 0.29) is 86.2 Å². The summed E-state index contributed by atoms with van der Waals surface area (Å²) in [6, 6.07) is 57.1. The van der Waals surface area contributed by atoms with E-state index in [9.17, 15) is 81.7 Å². The molecule has 3 aliphatic carbocycles. The van der Waals surface area contributed by atoms with Crippen LogP contribution in [0, 0.1) is 0 Å². The van der Waals surface area contributed by atoms with Crippen molar-refractivity contribution in [3.8, 4) is 103 Å². The van der Waals surface area contributed by atoms with E-state index in [1.165, 1.54) is 54.6 Å². The summed E-state index contributed by atoms with van der Waals surface area (Å²) in [5, 5.41) is 177. The van der Waals surface area contributed by atoms with Gasteiger partial charge in [-0.25, -0.2) is 0 Å². The number of fused-ring (bicyclic) bond motifs is 6. The van der Waals surface area contributed by atoms with Gasteiger partial charge in [0.15, 0.2) is 0 Å². The van der Waals surface area contributed by atoms with Crippen LogP contribution in [-0.4, -0.2) is 81.7 Å². The maximum atomic E-state index is 12.5. The Kier molecular flexibility index (Phi) is 14.7. The van der Waals surface area contributed by atoms with Gasteiger partial charge in [-0.05, 0) is 176 Å². The molecule has 0 spiro atoms. The van der Waals surface area contributed by atoms with Crippen molar-refractivity contribution < 1.29 is 95.9 Å². The van der Waals surface area contributed by atoms with Crippen molar-refractivity contribution in [2.75, 3.05) is 0 Å². The Morgan fingerprint density at radius 2 is 0.417 bits per heavy atom. The first-order chi connectivity index (χ1) is 49.6. The van der Waals surface area contributed by atoms with Crippen LogP contribution in [0.4, 0.5) is 0 Å². The minimum Gasteiger partial charge on any atom is -0.508 e. The van der Waals surface area contributed by atoms with Gasteiger partial charge in [0.1, 0.15) is 122 Å². The van der Waals surface area contributed by atoms with Gasteiger partial charge in [-0.3, -0.25) is 0 Å². The third-order valence-corrected chi connectivity index (χ3v) is 21.4. The van der Waals surface area contributed by atoms with Crippen molar-refractivity contribution in [2.24, 2.45) is 0 Å². The van der Waals surface area contributed by atoms with E-state index in [2.05, 4.69) is 0 Å². The van der Waals surface area contributed by atoms with E-state index in [0.29, 0.717) is 112 Å². The molecule has 6 aliphatic rings. The van der Waals surface area contributed by atoms with Crippen molar-refractivity contribution in [1.82, 2.24) is 0 Å². The molecule has 0 bridgehead atoms. The Labute approximate surface area is 586 Å². The number of aliphatic hydroxyl groups excluding tert-OH is 1. The number of phenols is 15. The summed E-state index contributed by atoms with van der Waals surface area (Å²) in [5.74, 6) is -6.84. The highest BCUT2D eigenvalue weighted by atomic mass is 16.5. The predicted molar refractivity (Wildman–Crippen MR) is 374 cm³/mol. The first kappa shape index (κ1) is 63.4. The average molecular weight is 1380 g/mol. The largest absolute Gasteiger partial charge is 0.508 e. The molecule has 12 atom stereocenters. The van der Waals surface area contributed by atoms with Gasteiger partial charge in [-0.2, -0.15) is 0 Å². The number of phenolic OH excluding ortho intramolecular Hbond substituents is 15. The summed E-state index contributed by atoms with van der Waals surface area (Å²) >= 11 is 0. The first-order valence-electron chi connectivity index (χ1n) is 33.3. The fourth-order valence-electron chi connectivity index (χ4n) is 17.5. The fourth-order valence-corrected chi connectivity index (χ4v) is 17.5. The first-order valence-corrected chi connectivity index (χ1v) is 33.3. The van der Waals surface area contributed by atoms with E-state index in [4.69, 9.17) is 14.2 Å². The molecule has 18 rings (SSSR count). The monoisotopic (exact) mass is 1380 g/mol. The summed E-state index contributed by atoms with van der Waals surface area (Å²) < 4.78 is 20.0. The Hall–Kier alpha value is -13.0. The van der Waals surface area contributed by atoms with Gasteiger partial charge in [0.2, 0.25) is 0 Å². The number of ether oxygens (including phenoxy) is 3. The van der Waals surface area contributed by atoms with Gasteiger partial charge in [0.25, 0.3) is 0 Å². The van der Waals surface area contributed by atoms with E-state index in [0.717, 1.165) is 5.56 Å². The quantitative estimate of drug-likeness (QED) is 0.0705. The molecule has 12 aromatic rings. The molecule has 514 valence electrons. The van der Waals surface area contributed by atoms with E-state index < -0.39 is 71.8 Å². The normalized spacial score (nSPS) is 22.5. The van der Waals surface area contributed by atoms with E-state index in [1.54, 1.807) is 164 Å². The predicted octanol–water partition coefficient (Wildman–Crippen LogP) is 15.1. The third kappa shape index (κ3) is 10.4. The van der Waals surface area contributed by atoms with Gasteiger partial charge in [0, 0.05) is 99.4 Å². The maximum Gasteiger partial charge on any atom is 0.135 e. The number of benzene rings is 12. The SMILES string of the molecule is Oc1ccc([C@@H]2c3c(O)cc(O)cc3[C@@H]3c4c(cc(O)cc4[C@H]2O)O[C@H]3c2ccc(O)cc2)cc1.Oc1ccc([C@@H]2c3c(O)cc(O)cc3[C@@H]3c4c(cc(O)cc4[C@H]2[C@H]2c4cc(O)cc5c4[C@@H](c4cc(O)cc(O)c4[C@H]2c2ccc(O)cc2)[C@H](c2ccc(O)cc2)O5)O[C@H]3c2ccc(O)cc2)cc1. The Balaban J connectivity index is 0.000000188. The lowest BCUT2D eigenvalue weighted by molar-refractivity contribution is 0.157. The highest BCUT2D eigenvalue weighted by Crippen LogP contribution is 2.70. The summed E-state index contributed by atoms with van der Waals surface area (Å²) in [6.07, 6.45) is -3.42. The van der Waals surface area contributed by atoms with Crippen molar-refractivity contribution in [3.05, 3.63) is 319 Å². The van der Waals surface area contributed by atoms with Crippen LogP contribution < -0.4 is 14.2 Å². The molecule has 0 fully saturated rings. The molecule has 0 unspecified atom stereocenters. The summed E-state index contributed by atoms with van der Waals surface area (Å²) in [5.41, 5.74) is 10.2. The number of hydrogen-bond acceptors (Lipinski definition) is 19. The molecule has 19 nitrogen and oxygen atoms in total. The van der Waals surface area contributed by atoms with Gasteiger partial charge < -0.3 is 95.9 Å². The number of hydrogen-bond donors (Lipinski definition) is 16. The molecular weight excluding hydrogens is 1310 g/mol. The van der Waals surface area contributed by atoms with Crippen molar-refractivity contribution in [2.45, 2.75) is 71.8 Å². The fraction of sp³-hybridized carbons (Fsp3) is 0.143. The highest BCUT2D eigenvalue weighted by Gasteiger charge is 2.56. The van der Waals surface area contributed by atoms with Crippen molar-refractivity contribution in [3.63, 3.8) is 0 Å². The molecule has 103 heavy (non-hydrogen) atoms. The molecule has 0 amide bonds. The van der Waals surface area contributed by atoms with Crippen LogP contribution in [0.25, 0.3) is 0 Å². The van der Waals surface area contributed by atoms with Crippen LogP contribution in [0.5, 0.6) is 103 Å². The topological polar surface area (TPSA) is 351 Å². The third-order valence-electron chi connectivity index (χ3n) is 21.4. The van der Waals surface area contributed by atoms with E-state index >= 15 is 0 Å². The van der Waals surface area contributed by atoms with Crippen LogP contribution in [0.15, 0.2) is 218 Å². The molecule has 0 saturated carbocycles. The Morgan fingerprint density at radius 3 is 0.709 bits per heavy atom. The minimum atomic E-state index is -1.18. The number of rotatable bonds is 7. The summed E-state index contributed by atoms with van der Waals surface area (Å²) in [4.78, 5) is 0. The zero-order chi connectivity index (χ0) is 71.3. The maximum absolute atomic E-state index is 12.5. The van der Waals surface area contributed by atoms with Gasteiger partial charge in [0.05, 0.1) is 23.9 Å². The lowest BCUT2D eigenvalue weighted by Crippen LogP contribution is -2.26. The van der Waals surface area contributed by atoms with Gasteiger partial charge in [-0.1, -0.05) is 72.8 Å². The van der Waals surface area contributed by atoms with E-state index in [1.807, 2.05) is 0 Å². The lowest BCUT2D eigenvalue weighted by Gasteiger charge is -2.40. The van der Waals surface area contributed by atoms with Crippen LogP contribution in [0.1, 0.15) is 172 Å². The molecule has 3 aliphatic heterocycles. The number of aromatic hydroxyl groups is 15. The highest BCUT2D eigenvalue weighted by molar-refractivity contribution is 5.72. The van der Waals surface area contributed by atoms with Gasteiger partial charge >= 0.3 is 0 Å². The molecule has 0 radical (unpaired) electrons. The zero-order valence-corrected chi connectivity index (χ0v) is 54.1. The van der Waals surface area contributed by atoms with Crippen molar-refractivity contribution in [1.29, 1.82) is 0 Å². The molecule has 3 heterocycles. The second-order valence-corrected chi connectivity index (χ2v) is 27.3. The smallest absolute Gasteiger partial charge is 0.135 e. The Bertz CT molecular complexity index is 5170. The van der Waals surface area contributed by atoms with Crippen LogP contribution >= 0.6 is 0 Å². The second-order valence-electron chi connectivity index (χ2n) is 27.3. The molecule has 12 aromatic carbocycles. The average Bonchev–Trinajstić information content (AvgIpc) is 1.54. The minimum absolute atomic E-state index is 0.0182. The van der Waals surface area contributed by atoms with Crippen molar-refractivity contribution >= 4 is 0 Å². The number of aliphatic hydroxyl groups is 1. The Morgan fingerprint density at radius 1 is 0.194 bits per heavy atom. The van der Waals surface area contributed by atoms with Crippen LogP contribution in [0.3, 0.4) is 0 Å². The summed E-state index contributed by atoms with van der Waals surface area (Å²) in [7, 11) is 0. The zero-order valence-electron chi connectivity index (χ0n) is 54.1. The van der Waals surface area contributed by atoms with Crippen LogP contribution in [-0.2, 0) is 0 Å². The molecule has 16 N–H and O–H groups in total. The molecule has 0 saturated heterocycles. The lowest BCUT2D eigenvalue weighted by atomic mass is 9.62. The molecule has 0 aromatic heterocycles. The second kappa shape index (κ2) is 23.8. The van der Waals surface area contributed by atoms with Gasteiger partial charge in [-0.15, -0.1) is 0 Å². The molecular formula is C84H64O19. The standard InChI is InChI=1S/C56H42O12.C28H22O7/c57-29-9-1-25(2-10-29)45-47-37(17-33(61)21-41(47)65)53-49-39(19-35(63)23-43(49)67-55(53)27-5-13-31(59)14-6-27)51(45)52-40-20-36(64)24-44-50(40)54(56(68-44)28-7-15-32(60)16-8-28)38-18-34(62)22-42(66)48(38)46(52)26-3-11-30(58)12-4-26;29-15-5-1-13(2-6-15)23-24-19(9-17(31)11-21(24)33)26-25-20(27(23)34)10-18(32)12-22(25)35-28(26)14-3-7-16(30)8-4-14/h1-24,45-46,51-66H;1-12,23,26-34H/t45-,46-,51-,52+,53-,54-,55+,56+;23-,26-,27-,28+/m11/s1. The van der Waals surface area contributed by atoms with Crippen LogP contribution in [0.2, 0.25) is 0 Å². The molecule has 19 heteroatoms. The summed E-state index contributed by atoms with van der Waals surface area (Å²) in [6.45, 7) is 0.